The Kier molecular flexibility index (Phi) is 7.63. The average Bonchev–Trinajstić information content (AvgIpc) is 2.82. The van der Waals surface area contributed by atoms with Gasteiger partial charge in [0.1, 0.15) is 11.5 Å². The Balaban J connectivity index is 1.55. The van der Waals surface area contributed by atoms with Crippen LogP contribution < -0.4 is 4.74 Å². The van der Waals surface area contributed by atoms with Gasteiger partial charge >= 0.3 is 0 Å². The van der Waals surface area contributed by atoms with Crippen molar-refractivity contribution in [1.29, 1.82) is 0 Å². The van der Waals surface area contributed by atoms with Crippen molar-refractivity contribution in [3.05, 3.63) is 54.1 Å². The first-order valence-electron chi connectivity index (χ1n) is 12.2. The van der Waals surface area contributed by atoms with Gasteiger partial charge in [-0.25, -0.2) is 0 Å². The second-order valence-corrected chi connectivity index (χ2v) is 9.75. The number of fused-ring (bicyclic) bond motifs is 1. The van der Waals surface area contributed by atoms with Crippen LogP contribution in [0.15, 0.2) is 48.5 Å². The molecule has 0 amide bonds. The van der Waals surface area contributed by atoms with Crippen molar-refractivity contribution in [2.75, 3.05) is 7.11 Å². The van der Waals surface area contributed by atoms with Crippen LogP contribution in [-0.2, 0) is 16.0 Å². The highest BCUT2D eigenvalue weighted by Crippen LogP contribution is 2.41. The van der Waals surface area contributed by atoms with Crippen molar-refractivity contribution in [1.82, 2.24) is 0 Å². The second-order valence-electron chi connectivity index (χ2n) is 9.75. The minimum Gasteiger partial charge on any atom is -0.508 e. The number of hydrogen-bond donors (Lipinski definition) is 3. The molecule has 186 valence electrons. The van der Waals surface area contributed by atoms with Gasteiger partial charge in [0, 0.05) is 18.4 Å². The number of Topliss-reactive ketones (excluding diaryl/α,β-unsaturated/α-hetero) is 1. The summed E-state index contributed by atoms with van der Waals surface area (Å²) in [6, 6.07) is 14.5. The fourth-order valence-corrected chi connectivity index (χ4v) is 5.11. The Bertz CT molecular complexity index is 1200. The van der Waals surface area contributed by atoms with E-state index < -0.39 is 6.10 Å². The normalized spacial score (nSPS) is 21.1. The van der Waals surface area contributed by atoms with Gasteiger partial charge in [-0.15, -0.1) is 0 Å². The zero-order chi connectivity index (χ0) is 25.1. The number of phenolic OH excluding ortho intramolecular Hbond substituents is 2. The van der Waals surface area contributed by atoms with E-state index in [-0.39, 0.29) is 29.5 Å². The van der Waals surface area contributed by atoms with Gasteiger partial charge in [-0.1, -0.05) is 31.2 Å². The summed E-state index contributed by atoms with van der Waals surface area (Å²) in [6.07, 6.45) is 1.83. The van der Waals surface area contributed by atoms with E-state index in [0.717, 1.165) is 40.3 Å². The molecule has 0 aliphatic carbocycles. The van der Waals surface area contributed by atoms with E-state index in [2.05, 4.69) is 6.92 Å². The number of carbonyl (C=O) groups is 1. The molecule has 1 fully saturated rings. The first kappa shape index (κ1) is 25.0. The van der Waals surface area contributed by atoms with Crippen LogP contribution in [0.3, 0.4) is 0 Å². The van der Waals surface area contributed by atoms with Crippen LogP contribution in [0.25, 0.3) is 21.9 Å². The van der Waals surface area contributed by atoms with Crippen molar-refractivity contribution < 1.29 is 29.6 Å². The summed E-state index contributed by atoms with van der Waals surface area (Å²) in [7, 11) is 1.51. The molecule has 3 aromatic rings. The lowest BCUT2D eigenvalue weighted by Gasteiger charge is -2.35. The van der Waals surface area contributed by atoms with E-state index >= 15 is 0 Å². The second kappa shape index (κ2) is 10.7. The van der Waals surface area contributed by atoms with Gasteiger partial charge in [0.15, 0.2) is 11.5 Å². The highest BCUT2D eigenvalue weighted by atomic mass is 16.5. The molecule has 3 N–H and O–H groups in total. The lowest BCUT2D eigenvalue weighted by Crippen LogP contribution is -2.39. The van der Waals surface area contributed by atoms with E-state index in [0.29, 0.717) is 30.9 Å². The Labute approximate surface area is 206 Å². The minimum atomic E-state index is -0.550. The molecule has 4 atom stereocenters. The first-order valence-corrected chi connectivity index (χ1v) is 12.2. The van der Waals surface area contributed by atoms with Crippen molar-refractivity contribution in [3.63, 3.8) is 0 Å². The fraction of sp³-hybridized carbons (Fsp3) is 0.414. The third kappa shape index (κ3) is 5.77. The summed E-state index contributed by atoms with van der Waals surface area (Å²) in [4.78, 5) is 12.9. The molecule has 1 aliphatic heterocycles. The number of ether oxygens (including phenoxy) is 2. The number of aliphatic hydroxyl groups is 1. The summed E-state index contributed by atoms with van der Waals surface area (Å²) in [5.41, 5.74) is 2.47. The summed E-state index contributed by atoms with van der Waals surface area (Å²) < 4.78 is 11.5. The van der Waals surface area contributed by atoms with E-state index in [9.17, 15) is 20.1 Å². The van der Waals surface area contributed by atoms with Crippen molar-refractivity contribution >= 4 is 16.6 Å². The van der Waals surface area contributed by atoms with Crippen LogP contribution in [-0.4, -0.2) is 46.5 Å². The molecule has 1 aliphatic rings. The zero-order valence-electron chi connectivity index (χ0n) is 20.5. The summed E-state index contributed by atoms with van der Waals surface area (Å²) in [5.74, 6) is 1.08. The Hall–Kier alpha value is -3.09. The van der Waals surface area contributed by atoms with Crippen LogP contribution in [0, 0.1) is 5.92 Å². The fourth-order valence-electron chi connectivity index (χ4n) is 5.11. The van der Waals surface area contributed by atoms with Crippen LogP contribution in [0.1, 0.15) is 45.1 Å². The zero-order valence-corrected chi connectivity index (χ0v) is 20.5. The number of aryl methyl sites for hydroxylation is 1. The summed E-state index contributed by atoms with van der Waals surface area (Å²) >= 11 is 0. The maximum atomic E-state index is 12.9. The summed E-state index contributed by atoms with van der Waals surface area (Å²) in [6.45, 7) is 3.86. The number of rotatable bonds is 8. The molecule has 35 heavy (non-hydrogen) atoms. The predicted molar refractivity (Wildman–Crippen MR) is 136 cm³/mol. The molecule has 6 heteroatoms. The van der Waals surface area contributed by atoms with Crippen molar-refractivity contribution in [3.8, 4) is 28.4 Å². The molecular weight excluding hydrogens is 444 g/mol. The third-order valence-electron chi connectivity index (χ3n) is 6.87. The highest BCUT2D eigenvalue weighted by Gasteiger charge is 2.31. The van der Waals surface area contributed by atoms with Gasteiger partial charge in [-0.2, -0.15) is 0 Å². The highest BCUT2D eigenvalue weighted by molar-refractivity contribution is 5.90. The summed E-state index contributed by atoms with van der Waals surface area (Å²) in [5, 5.41) is 32.1. The topological polar surface area (TPSA) is 96.2 Å². The molecule has 0 saturated carbocycles. The quantitative estimate of drug-likeness (QED) is 0.402. The van der Waals surface area contributed by atoms with Crippen molar-refractivity contribution in [2.24, 2.45) is 5.92 Å². The number of aliphatic hydroxyl groups excluding tert-OH is 1. The Morgan fingerprint density at radius 1 is 1.09 bits per heavy atom. The number of aromatic hydroxyl groups is 2. The molecule has 4 rings (SSSR count). The third-order valence-corrected chi connectivity index (χ3v) is 6.87. The standard InChI is InChI=1S/C29H34O6/c1-17-12-25(35-27(13-17)18(2)30)16-24(32)10-7-20-8-11-26(33)29(34-3)28(20)21-5-4-19-6-9-23(31)15-22(19)14-21/h4-6,8-9,11,14-15,17-18,25,27,30-31,33H,7,10,12-13,16H2,1-3H3/t17-,18+,25-,27-/m1/s1. The van der Waals surface area contributed by atoms with Crippen LogP contribution >= 0.6 is 0 Å². The molecule has 0 aromatic heterocycles. The number of methoxy groups -OCH3 is 1. The van der Waals surface area contributed by atoms with Crippen LogP contribution in [0.5, 0.6) is 17.2 Å². The molecule has 0 unspecified atom stereocenters. The lowest BCUT2D eigenvalue weighted by atomic mass is 9.88. The molecule has 0 spiro atoms. The van der Waals surface area contributed by atoms with Gasteiger partial charge in [0.05, 0.1) is 25.4 Å². The van der Waals surface area contributed by atoms with E-state index in [1.165, 1.54) is 7.11 Å². The molecule has 3 aromatic carbocycles. The number of carbonyl (C=O) groups excluding carboxylic acids is 1. The maximum absolute atomic E-state index is 12.9. The first-order chi connectivity index (χ1) is 16.7. The largest absolute Gasteiger partial charge is 0.508 e. The minimum absolute atomic E-state index is 0.0299. The van der Waals surface area contributed by atoms with Crippen LogP contribution in [0.4, 0.5) is 0 Å². The van der Waals surface area contributed by atoms with Gasteiger partial charge in [-0.05, 0) is 78.3 Å². The van der Waals surface area contributed by atoms with E-state index in [1.54, 1.807) is 25.1 Å². The SMILES string of the molecule is COc1c(O)ccc(CCC(=O)C[C@H]2C[C@@H](C)C[C@H]([C@H](C)O)O2)c1-c1ccc2ccc(O)cc2c1. The molecule has 6 nitrogen and oxygen atoms in total. The maximum Gasteiger partial charge on any atom is 0.168 e. The lowest BCUT2D eigenvalue weighted by molar-refractivity contribution is -0.135. The molecular formula is C29H34O6. The smallest absolute Gasteiger partial charge is 0.168 e. The molecule has 0 radical (unpaired) electrons. The molecule has 1 saturated heterocycles. The molecule has 0 bridgehead atoms. The van der Waals surface area contributed by atoms with Gasteiger partial charge in [0.2, 0.25) is 0 Å². The molecule has 1 heterocycles. The Morgan fingerprint density at radius 2 is 1.86 bits per heavy atom. The average molecular weight is 479 g/mol. The van der Waals surface area contributed by atoms with Crippen molar-refractivity contribution in [2.45, 2.75) is 64.3 Å². The number of benzene rings is 3. The van der Waals surface area contributed by atoms with E-state index in [1.807, 2.05) is 30.3 Å². The Morgan fingerprint density at radius 3 is 2.60 bits per heavy atom. The van der Waals surface area contributed by atoms with Gasteiger partial charge in [-0.3, -0.25) is 4.79 Å². The predicted octanol–water partition coefficient (Wildman–Crippen LogP) is 5.38. The number of hydrogen-bond acceptors (Lipinski definition) is 6. The number of ketones is 1. The monoisotopic (exact) mass is 478 g/mol. The number of phenols is 2. The van der Waals surface area contributed by atoms with E-state index in [4.69, 9.17) is 9.47 Å². The van der Waals surface area contributed by atoms with Gasteiger partial charge < -0.3 is 24.8 Å². The van der Waals surface area contributed by atoms with Crippen LogP contribution in [0.2, 0.25) is 0 Å². The van der Waals surface area contributed by atoms with Gasteiger partial charge in [0.25, 0.3) is 0 Å².